The largest absolute Gasteiger partial charge is 0.419 e. The number of ether oxygens (including phenoxy) is 2. The molecule has 4 rings (SSSR count). The molecule has 2 aliphatic rings. The monoisotopic (exact) mass is 417 g/mol. The average molecular weight is 418 g/mol. The third-order valence-corrected chi connectivity index (χ3v) is 5.83. The van der Waals surface area contributed by atoms with Crippen LogP contribution in [0.15, 0.2) is 29.8 Å². The number of halogens is 2. The first-order valence-electron chi connectivity index (χ1n) is 9.62. The zero-order chi connectivity index (χ0) is 20.8. The van der Waals surface area contributed by atoms with Gasteiger partial charge in [-0.05, 0) is 62.6 Å². The second kappa shape index (κ2) is 7.34. The molecule has 2 fully saturated rings. The number of carbonyl (C=O) groups excluding carboxylic acids is 2. The van der Waals surface area contributed by atoms with Crippen LogP contribution in [0, 0.1) is 19.7 Å². The summed E-state index contributed by atoms with van der Waals surface area (Å²) in [7, 11) is 0. The van der Waals surface area contributed by atoms with E-state index in [2.05, 4.69) is 0 Å². The Hall–Kier alpha value is -2.60. The number of aromatic nitrogens is 1. The molecule has 0 radical (unpaired) electrons. The van der Waals surface area contributed by atoms with Gasteiger partial charge in [-0.3, -0.25) is 0 Å². The van der Waals surface area contributed by atoms with Crippen molar-refractivity contribution in [2.24, 2.45) is 0 Å². The normalized spacial score (nSPS) is 18.6. The summed E-state index contributed by atoms with van der Waals surface area (Å²) in [6.07, 6.45) is 5.33. The van der Waals surface area contributed by atoms with E-state index in [1.54, 1.807) is 6.07 Å². The first kappa shape index (κ1) is 19.7. The molecule has 29 heavy (non-hydrogen) atoms. The molecule has 1 aliphatic heterocycles. The Morgan fingerprint density at radius 2 is 1.72 bits per heavy atom. The predicted octanol–water partition coefficient (Wildman–Crippen LogP) is 5.03. The lowest BCUT2D eigenvalue weighted by Crippen LogP contribution is -2.47. The van der Waals surface area contributed by atoms with Crippen LogP contribution in [0.3, 0.4) is 0 Å². The van der Waals surface area contributed by atoms with E-state index in [0.717, 1.165) is 30.7 Å². The Morgan fingerprint density at radius 1 is 1.07 bits per heavy atom. The molecule has 5 nitrogen and oxygen atoms in total. The SMILES string of the molecule is Cc1cc(C=C2C(=O)OC3(CCCCC3)OC2=O)c(C)n1-c1ccc(F)c(Cl)c1. The highest BCUT2D eigenvalue weighted by molar-refractivity contribution is 6.30. The van der Waals surface area contributed by atoms with Crippen molar-refractivity contribution in [1.82, 2.24) is 4.57 Å². The van der Waals surface area contributed by atoms with Crippen LogP contribution in [-0.4, -0.2) is 22.3 Å². The fourth-order valence-electron chi connectivity index (χ4n) is 4.08. The Morgan fingerprint density at radius 3 is 2.34 bits per heavy atom. The van der Waals surface area contributed by atoms with Crippen LogP contribution in [0.4, 0.5) is 4.39 Å². The van der Waals surface area contributed by atoms with E-state index in [9.17, 15) is 14.0 Å². The lowest BCUT2D eigenvalue weighted by atomic mass is 9.93. The van der Waals surface area contributed by atoms with Crippen LogP contribution < -0.4 is 0 Å². The summed E-state index contributed by atoms with van der Waals surface area (Å²) in [6.45, 7) is 3.72. The van der Waals surface area contributed by atoms with E-state index in [0.29, 0.717) is 24.1 Å². The molecule has 1 saturated carbocycles. The van der Waals surface area contributed by atoms with Gasteiger partial charge in [0, 0.05) is 29.9 Å². The minimum absolute atomic E-state index is 0.0205. The molecule has 0 amide bonds. The molecule has 0 N–H and O–H groups in total. The topological polar surface area (TPSA) is 57.5 Å². The summed E-state index contributed by atoms with van der Waals surface area (Å²) < 4.78 is 26.5. The van der Waals surface area contributed by atoms with Gasteiger partial charge in [0.25, 0.3) is 5.79 Å². The van der Waals surface area contributed by atoms with Gasteiger partial charge in [-0.25, -0.2) is 14.0 Å². The number of hydrogen-bond donors (Lipinski definition) is 0. The maximum absolute atomic E-state index is 13.5. The Balaban J connectivity index is 1.67. The standard InChI is InChI=1S/C22H21ClFNO4/c1-13-10-15(14(2)25(13)16-6-7-19(24)18(23)12-16)11-17-20(26)28-22(29-21(17)27)8-4-3-5-9-22/h6-7,10-12H,3-5,8-9H2,1-2H3. The molecule has 0 bridgehead atoms. The quantitative estimate of drug-likeness (QED) is 0.390. The van der Waals surface area contributed by atoms with E-state index in [4.69, 9.17) is 21.1 Å². The zero-order valence-corrected chi connectivity index (χ0v) is 17.0. The molecule has 1 spiro atoms. The van der Waals surface area contributed by atoms with Gasteiger partial charge < -0.3 is 14.0 Å². The minimum Gasteiger partial charge on any atom is -0.419 e. The highest BCUT2D eigenvalue weighted by Gasteiger charge is 2.46. The second-order valence-corrected chi connectivity index (χ2v) is 7.98. The third kappa shape index (κ3) is 3.57. The Kier molecular flexibility index (Phi) is 4.99. The predicted molar refractivity (Wildman–Crippen MR) is 106 cm³/mol. The van der Waals surface area contributed by atoms with Crippen LogP contribution in [0.1, 0.15) is 49.1 Å². The fourth-order valence-corrected chi connectivity index (χ4v) is 4.25. The lowest BCUT2D eigenvalue weighted by Gasteiger charge is -2.38. The summed E-state index contributed by atoms with van der Waals surface area (Å²) in [4.78, 5) is 25.2. The van der Waals surface area contributed by atoms with E-state index >= 15 is 0 Å². The van der Waals surface area contributed by atoms with E-state index in [-0.39, 0.29) is 10.6 Å². The van der Waals surface area contributed by atoms with Crippen molar-refractivity contribution >= 4 is 29.6 Å². The molecule has 7 heteroatoms. The van der Waals surface area contributed by atoms with Crippen molar-refractivity contribution in [3.8, 4) is 5.69 Å². The van der Waals surface area contributed by atoms with Gasteiger partial charge in [0.1, 0.15) is 11.4 Å². The van der Waals surface area contributed by atoms with E-state index < -0.39 is 23.5 Å². The molecular formula is C22H21ClFNO4. The molecule has 1 aromatic heterocycles. The molecule has 1 aromatic carbocycles. The van der Waals surface area contributed by atoms with Crippen LogP contribution in [0.2, 0.25) is 5.02 Å². The summed E-state index contributed by atoms with van der Waals surface area (Å²) in [6, 6.07) is 6.29. The second-order valence-electron chi connectivity index (χ2n) is 7.57. The number of carbonyl (C=O) groups is 2. The van der Waals surface area contributed by atoms with Crippen LogP contribution in [0.5, 0.6) is 0 Å². The van der Waals surface area contributed by atoms with Gasteiger partial charge in [-0.1, -0.05) is 18.0 Å². The van der Waals surface area contributed by atoms with E-state index in [1.165, 1.54) is 18.2 Å². The summed E-state index contributed by atoms with van der Waals surface area (Å²) in [5, 5.41) is 0.0205. The maximum atomic E-state index is 13.5. The zero-order valence-electron chi connectivity index (χ0n) is 16.3. The average Bonchev–Trinajstić information content (AvgIpc) is 2.95. The van der Waals surface area contributed by atoms with Gasteiger partial charge in [-0.15, -0.1) is 0 Å². The summed E-state index contributed by atoms with van der Waals surface area (Å²) in [5.41, 5.74) is 2.85. The molecule has 152 valence electrons. The van der Waals surface area contributed by atoms with Crippen molar-refractivity contribution in [3.05, 3.63) is 57.6 Å². The van der Waals surface area contributed by atoms with Crippen LogP contribution in [-0.2, 0) is 19.1 Å². The fraction of sp³-hybridized carbons (Fsp3) is 0.364. The van der Waals surface area contributed by atoms with Gasteiger partial charge in [0.05, 0.1) is 5.02 Å². The maximum Gasteiger partial charge on any atom is 0.348 e. The van der Waals surface area contributed by atoms with Crippen molar-refractivity contribution in [1.29, 1.82) is 0 Å². The minimum atomic E-state index is -1.11. The van der Waals surface area contributed by atoms with Crippen molar-refractivity contribution in [2.75, 3.05) is 0 Å². The number of nitrogens with zero attached hydrogens (tertiary/aromatic N) is 1. The van der Waals surface area contributed by atoms with Gasteiger partial charge in [-0.2, -0.15) is 0 Å². The molecule has 2 aromatic rings. The third-order valence-electron chi connectivity index (χ3n) is 5.54. The van der Waals surface area contributed by atoms with Crippen molar-refractivity contribution < 1.29 is 23.5 Å². The highest BCUT2D eigenvalue weighted by Crippen LogP contribution is 2.37. The number of esters is 2. The molecule has 0 unspecified atom stereocenters. The first-order chi connectivity index (χ1) is 13.8. The van der Waals surface area contributed by atoms with Gasteiger partial charge in [0.15, 0.2) is 0 Å². The van der Waals surface area contributed by atoms with Crippen LogP contribution >= 0.6 is 11.6 Å². The molecule has 1 aliphatic carbocycles. The van der Waals surface area contributed by atoms with E-state index in [1.807, 2.05) is 24.5 Å². The Labute approximate surface area is 173 Å². The van der Waals surface area contributed by atoms with Crippen LogP contribution in [0.25, 0.3) is 11.8 Å². The number of hydrogen-bond acceptors (Lipinski definition) is 4. The number of rotatable bonds is 2. The molecular weight excluding hydrogens is 397 g/mol. The summed E-state index contributed by atoms with van der Waals surface area (Å²) in [5.74, 6) is -2.91. The van der Waals surface area contributed by atoms with Gasteiger partial charge >= 0.3 is 11.9 Å². The molecule has 1 saturated heterocycles. The Bertz CT molecular complexity index is 1010. The van der Waals surface area contributed by atoms with Crippen molar-refractivity contribution in [2.45, 2.75) is 51.7 Å². The highest BCUT2D eigenvalue weighted by atomic mass is 35.5. The van der Waals surface area contributed by atoms with Crippen molar-refractivity contribution in [3.63, 3.8) is 0 Å². The number of benzene rings is 1. The smallest absolute Gasteiger partial charge is 0.348 e. The molecule has 2 heterocycles. The first-order valence-corrected chi connectivity index (χ1v) is 10.0. The summed E-state index contributed by atoms with van der Waals surface area (Å²) >= 11 is 5.92. The number of aryl methyl sites for hydroxylation is 1. The van der Waals surface area contributed by atoms with Gasteiger partial charge in [0.2, 0.25) is 0 Å². The lowest BCUT2D eigenvalue weighted by molar-refractivity contribution is -0.244. The molecule has 0 atom stereocenters.